The summed E-state index contributed by atoms with van der Waals surface area (Å²) in [5.74, 6) is -1.09. The Kier molecular flexibility index (Phi) is 5.76. The summed E-state index contributed by atoms with van der Waals surface area (Å²) in [6, 6.07) is 22.3. The number of carboxylic acids is 1. The van der Waals surface area contributed by atoms with Crippen LogP contribution in [0.1, 0.15) is 29.8 Å². The number of nitrogens with zero attached hydrogens (tertiary/aromatic N) is 1. The van der Waals surface area contributed by atoms with E-state index in [9.17, 15) is 23.1 Å². The van der Waals surface area contributed by atoms with Crippen molar-refractivity contribution in [1.82, 2.24) is 0 Å². The van der Waals surface area contributed by atoms with E-state index in [2.05, 4.69) is 4.72 Å². The first kappa shape index (κ1) is 23.6. The van der Waals surface area contributed by atoms with Crippen LogP contribution in [0, 0.1) is 0 Å². The topological polar surface area (TPSA) is 104 Å². The Labute approximate surface area is 209 Å². The number of hydrogen-bond acceptors (Lipinski definition) is 4. The number of aromatic carboxylic acids is 1. The van der Waals surface area contributed by atoms with Crippen LogP contribution in [0.15, 0.2) is 83.8 Å². The van der Waals surface area contributed by atoms with E-state index in [1.54, 1.807) is 41.3 Å². The molecule has 0 aromatic heterocycles. The van der Waals surface area contributed by atoms with Crippen molar-refractivity contribution >= 4 is 44.0 Å². The summed E-state index contributed by atoms with van der Waals surface area (Å²) in [7, 11) is -3.91. The lowest BCUT2D eigenvalue weighted by atomic mass is 9.96. The average Bonchev–Trinajstić information content (AvgIpc) is 3.19. The van der Waals surface area contributed by atoms with Gasteiger partial charge in [-0.2, -0.15) is 0 Å². The number of hydrogen-bond donors (Lipinski definition) is 2. The molecule has 1 aliphatic rings. The molecular formula is C28H24N2O5S. The highest BCUT2D eigenvalue weighted by atomic mass is 32.2. The molecule has 0 fully saturated rings. The zero-order valence-electron chi connectivity index (χ0n) is 19.7. The molecule has 0 bridgehead atoms. The molecule has 8 heteroatoms. The van der Waals surface area contributed by atoms with Gasteiger partial charge >= 0.3 is 5.97 Å². The third-order valence-corrected chi connectivity index (χ3v) is 7.87. The molecule has 2 N–H and O–H groups in total. The van der Waals surface area contributed by atoms with E-state index in [-0.39, 0.29) is 22.4 Å². The second kappa shape index (κ2) is 8.80. The van der Waals surface area contributed by atoms with Crippen molar-refractivity contribution in [1.29, 1.82) is 0 Å². The minimum atomic E-state index is -3.91. The number of carbonyl (C=O) groups is 2. The van der Waals surface area contributed by atoms with Crippen molar-refractivity contribution in [3.8, 4) is 11.1 Å². The van der Waals surface area contributed by atoms with E-state index in [1.165, 1.54) is 19.1 Å². The maximum Gasteiger partial charge on any atom is 0.335 e. The van der Waals surface area contributed by atoms with Crippen LogP contribution in [0.3, 0.4) is 0 Å². The summed E-state index contributed by atoms with van der Waals surface area (Å²) in [6.07, 6.45) is 0.589. The minimum absolute atomic E-state index is 0.0282. The highest BCUT2D eigenvalue weighted by Gasteiger charge is 2.30. The molecule has 1 aliphatic heterocycles. The van der Waals surface area contributed by atoms with Crippen LogP contribution < -0.4 is 9.62 Å². The van der Waals surface area contributed by atoms with Gasteiger partial charge in [-0.3, -0.25) is 9.52 Å². The number of nitrogens with one attached hydrogen (secondary N) is 1. The lowest BCUT2D eigenvalue weighted by Crippen LogP contribution is -2.33. The van der Waals surface area contributed by atoms with Gasteiger partial charge in [-0.1, -0.05) is 42.5 Å². The van der Waals surface area contributed by atoms with Gasteiger partial charge in [0, 0.05) is 24.0 Å². The molecule has 1 atom stereocenters. The standard InChI is InChI=1S/C28H24N2O5S/c1-17-14-21-16-22(10-13-27(21)30(17)18(2)31)36(34,35)29-26-12-11-23(24-8-3-4-9-25(24)26)19-6-5-7-20(15-19)28(32)33/h3-13,15-17,29H,14H2,1-2H3,(H,32,33). The van der Waals surface area contributed by atoms with Crippen LogP contribution in [-0.2, 0) is 21.2 Å². The van der Waals surface area contributed by atoms with E-state index in [0.29, 0.717) is 17.5 Å². The average molecular weight is 501 g/mol. The van der Waals surface area contributed by atoms with E-state index < -0.39 is 16.0 Å². The number of sulfonamides is 1. The number of carboxylic acid groups (broad SMARTS) is 1. The molecule has 182 valence electrons. The number of anilines is 2. The second-order valence-electron chi connectivity index (χ2n) is 8.93. The van der Waals surface area contributed by atoms with Crippen molar-refractivity contribution in [2.75, 3.05) is 9.62 Å². The van der Waals surface area contributed by atoms with Gasteiger partial charge in [-0.05, 0) is 71.8 Å². The quantitative estimate of drug-likeness (QED) is 0.387. The van der Waals surface area contributed by atoms with E-state index >= 15 is 0 Å². The number of carbonyl (C=O) groups excluding carboxylic acids is 1. The highest BCUT2D eigenvalue weighted by Crippen LogP contribution is 2.36. The highest BCUT2D eigenvalue weighted by molar-refractivity contribution is 7.92. The van der Waals surface area contributed by atoms with Gasteiger partial charge < -0.3 is 10.0 Å². The van der Waals surface area contributed by atoms with Gasteiger partial charge in [0.05, 0.1) is 16.1 Å². The van der Waals surface area contributed by atoms with E-state index in [0.717, 1.165) is 27.8 Å². The number of amides is 1. The maximum absolute atomic E-state index is 13.4. The smallest absolute Gasteiger partial charge is 0.335 e. The summed E-state index contributed by atoms with van der Waals surface area (Å²) in [6.45, 7) is 3.44. The summed E-state index contributed by atoms with van der Waals surface area (Å²) in [5, 5.41) is 10.9. The van der Waals surface area contributed by atoms with Crippen LogP contribution in [0.2, 0.25) is 0 Å². The molecule has 1 heterocycles. The van der Waals surface area contributed by atoms with Gasteiger partial charge in [0.1, 0.15) is 0 Å². The van der Waals surface area contributed by atoms with Gasteiger partial charge in [-0.25, -0.2) is 13.2 Å². The number of benzene rings is 4. The number of fused-ring (bicyclic) bond motifs is 2. The third kappa shape index (κ3) is 4.09. The molecule has 4 aromatic rings. The molecule has 0 radical (unpaired) electrons. The van der Waals surface area contributed by atoms with Gasteiger partial charge in [0.15, 0.2) is 0 Å². The molecule has 0 spiro atoms. The Morgan fingerprint density at radius 1 is 0.944 bits per heavy atom. The molecular weight excluding hydrogens is 476 g/mol. The predicted octanol–water partition coefficient (Wildman–Crippen LogP) is 5.30. The molecule has 1 unspecified atom stereocenters. The summed E-state index contributed by atoms with van der Waals surface area (Å²) in [4.78, 5) is 25.3. The van der Waals surface area contributed by atoms with Crippen LogP contribution in [0.5, 0.6) is 0 Å². The fourth-order valence-electron chi connectivity index (χ4n) is 4.92. The van der Waals surface area contributed by atoms with Crippen LogP contribution >= 0.6 is 0 Å². The van der Waals surface area contributed by atoms with Crippen molar-refractivity contribution < 1.29 is 23.1 Å². The number of rotatable bonds is 5. The summed E-state index contributed by atoms with van der Waals surface area (Å²) < 4.78 is 29.4. The monoisotopic (exact) mass is 500 g/mol. The Hall–Kier alpha value is -4.17. The van der Waals surface area contributed by atoms with Crippen molar-refractivity contribution in [2.45, 2.75) is 31.2 Å². The van der Waals surface area contributed by atoms with Gasteiger partial charge in [0.25, 0.3) is 10.0 Å². The first-order valence-corrected chi connectivity index (χ1v) is 12.9. The zero-order valence-corrected chi connectivity index (χ0v) is 20.5. The van der Waals surface area contributed by atoms with Crippen molar-refractivity contribution in [3.63, 3.8) is 0 Å². The van der Waals surface area contributed by atoms with Crippen LogP contribution in [-0.4, -0.2) is 31.4 Å². The van der Waals surface area contributed by atoms with E-state index in [4.69, 9.17) is 0 Å². The molecule has 1 amide bonds. The third-order valence-electron chi connectivity index (χ3n) is 6.51. The zero-order chi connectivity index (χ0) is 25.6. The van der Waals surface area contributed by atoms with Crippen molar-refractivity contribution in [2.24, 2.45) is 0 Å². The summed E-state index contributed by atoms with van der Waals surface area (Å²) >= 11 is 0. The Morgan fingerprint density at radius 2 is 1.69 bits per heavy atom. The fraction of sp³-hybridized carbons (Fsp3) is 0.143. The molecule has 0 saturated carbocycles. The van der Waals surface area contributed by atoms with Gasteiger partial charge in [0.2, 0.25) is 5.91 Å². The van der Waals surface area contributed by atoms with Crippen LogP contribution in [0.4, 0.5) is 11.4 Å². The van der Waals surface area contributed by atoms with Gasteiger partial charge in [-0.15, -0.1) is 0 Å². The first-order valence-electron chi connectivity index (χ1n) is 11.5. The molecule has 0 saturated heterocycles. The molecule has 0 aliphatic carbocycles. The summed E-state index contributed by atoms with van der Waals surface area (Å²) in [5.41, 5.74) is 3.68. The predicted molar refractivity (Wildman–Crippen MR) is 140 cm³/mol. The molecule has 5 rings (SSSR count). The van der Waals surface area contributed by atoms with Crippen LogP contribution in [0.25, 0.3) is 21.9 Å². The van der Waals surface area contributed by atoms with E-state index in [1.807, 2.05) is 37.3 Å². The lowest BCUT2D eigenvalue weighted by molar-refractivity contribution is -0.116. The Bertz CT molecular complexity index is 1650. The largest absolute Gasteiger partial charge is 0.478 e. The SMILES string of the molecule is CC(=O)N1c2ccc(S(=O)(=O)Nc3ccc(-c4cccc(C(=O)O)c4)c4ccccc34)cc2CC1C. The Morgan fingerprint density at radius 3 is 2.42 bits per heavy atom. The minimum Gasteiger partial charge on any atom is -0.478 e. The molecule has 7 nitrogen and oxygen atoms in total. The molecule has 4 aromatic carbocycles. The second-order valence-corrected chi connectivity index (χ2v) is 10.6. The Balaban J connectivity index is 1.53. The fourth-order valence-corrected chi connectivity index (χ4v) is 6.05. The lowest BCUT2D eigenvalue weighted by Gasteiger charge is -2.20. The van der Waals surface area contributed by atoms with Crippen molar-refractivity contribution in [3.05, 3.63) is 90.0 Å². The molecule has 36 heavy (non-hydrogen) atoms. The normalized spacial score (nSPS) is 15.1. The first-order chi connectivity index (χ1) is 17.2. The maximum atomic E-state index is 13.4.